The quantitative estimate of drug-likeness (QED) is 0.903. The van der Waals surface area contributed by atoms with Crippen molar-refractivity contribution in [1.82, 2.24) is 10.2 Å². The van der Waals surface area contributed by atoms with Crippen molar-refractivity contribution >= 4 is 23.2 Å². The summed E-state index contributed by atoms with van der Waals surface area (Å²) < 4.78 is 10.4. The first-order chi connectivity index (χ1) is 10.7. The average Bonchev–Trinajstić information content (AvgIpc) is 3.20. The van der Waals surface area contributed by atoms with E-state index in [4.69, 9.17) is 9.15 Å². The fraction of sp³-hybridized carbons (Fsp3) is 0.333. The van der Waals surface area contributed by atoms with Crippen molar-refractivity contribution < 1.29 is 18.7 Å². The highest BCUT2D eigenvalue weighted by Crippen LogP contribution is 2.17. The molecule has 1 fully saturated rings. The summed E-state index contributed by atoms with van der Waals surface area (Å²) in [6, 6.07) is 6.81. The second kappa shape index (κ2) is 6.76. The summed E-state index contributed by atoms with van der Waals surface area (Å²) in [7, 11) is 0. The lowest BCUT2D eigenvalue weighted by Crippen LogP contribution is -2.55. The minimum absolute atomic E-state index is 0.0212. The van der Waals surface area contributed by atoms with Gasteiger partial charge in [-0.2, -0.15) is 0 Å². The fourth-order valence-electron chi connectivity index (χ4n) is 2.30. The number of nitrogens with zero attached hydrogens (tertiary/aromatic N) is 1. The normalized spacial score (nSPS) is 18.5. The molecule has 0 unspecified atom stereocenters. The van der Waals surface area contributed by atoms with Crippen molar-refractivity contribution in [1.29, 1.82) is 0 Å². The molecule has 3 rings (SSSR count). The Labute approximate surface area is 131 Å². The lowest BCUT2D eigenvalue weighted by molar-refractivity contribution is -0.155. The maximum atomic E-state index is 12.4. The van der Waals surface area contributed by atoms with Gasteiger partial charge in [-0.05, 0) is 23.6 Å². The van der Waals surface area contributed by atoms with Crippen LogP contribution < -0.4 is 5.32 Å². The highest BCUT2D eigenvalue weighted by atomic mass is 32.1. The van der Waals surface area contributed by atoms with Crippen molar-refractivity contribution in [2.75, 3.05) is 13.2 Å². The third-order valence-electron chi connectivity index (χ3n) is 3.42. The van der Waals surface area contributed by atoms with Gasteiger partial charge in [0.05, 0.1) is 26.0 Å². The number of furan rings is 1. The third kappa shape index (κ3) is 3.37. The first kappa shape index (κ1) is 14.8. The van der Waals surface area contributed by atoms with E-state index in [1.807, 2.05) is 17.5 Å². The maximum Gasteiger partial charge on any atom is 0.249 e. The summed E-state index contributed by atoms with van der Waals surface area (Å²) in [5, 5.41) is 4.73. The SMILES string of the molecule is O=C(NCc1ccco1)[C@H]1COCC(=O)N1Cc1cccs1. The van der Waals surface area contributed by atoms with Crippen LogP contribution in [-0.2, 0) is 27.4 Å². The lowest BCUT2D eigenvalue weighted by Gasteiger charge is -2.34. The summed E-state index contributed by atoms with van der Waals surface area (Å²) in [4.78, 5) is 27.0. The molecule has 0 aromatic carbocycles. The number of rotatable bonds is 5. The van der Waals surface area contributed by atoms with Gasteiger partial charge in [0.15, 0.2) is 0 Å². The monoisotopic (exact) mass is 320 g/mol. The van der Waals surface area contributed by atoms with Crippen LogP contribution in [0.1, 0.15) is 10.6 Å². The van der Waals surface area contributed by atoms with Crippen LogP contribution in [-0.4, -0.2) is 36.0 Å². The summed E-state index contributed by atoms with van der Waals surface area (Å²) >= 11 is 1.56. The number of thiophene rings is 1. The lowest BCUT2D eigenvalue weighted by atomic mass is 10.2. The Morgan fingerprint density at radius 1 is 1.41 bits per heavy atom. The van der Waals surface area contributed by atoms with Gasteiger partial charge in [0, 0.05) is 4.88 Å². The van der Waals surface area contributed by atoms with Crippen LogP contribution in [0.25, 0.3) is 0 Å². The predicted molar refractivity (Wildman–Crippen MR) is 80.0 cm³/mol. The zero-order valence-electron chi connectivity index (χ0n) is 11.9. The number of hydrogen-bond donors (Lipinski definition) is 1. The molecule has 1 atom stereocenters. The van der Waals surface area contributed by atoms with E-state index in [2.05, 4.69) is 5.32 Å². The predicted octanol–water partition coefficient (Wildman–Crippen LogP) is 1.38. The summed E-state index contributed by atoms with van der Waals surface area (Å²) in [5.41, 5.74) is 0. The van der Waals surface area contributed by atoms with Crippen LogP contribution in [0.5, 0.6) is 0 Å². The van der Waals surface area contributed by atoms with Crippen LogP contribution in [0.4, 0.5) is 0 Å². The standard InChI is InChI=1S/C15H16N2O4S/c18-14-10-20-9-13(17(14)8-12-4-2-6-22-12)15(19)16-7-11-3-1-5-21-11/h1-6,13H,7-10H2,(H,16,19)/t13-/m1/s1. The maximum absolute atomic E-state index is 12.4. The van der Waals surface area contributed by atoms with E-state index in [0.29, 0.717) is 18.8 Å². The minimum Gasteiger partial charge on any atom is -0.467 e. The molecule has 22 heavy (non-hydrogen) atoms. The molecule has 7 heteroatoms. The second-order valence-corrected chi connectivity index (χ2v) is 5.96. The summed E-state index contributed by atoms with van der Waals surface area (Å²) in [6.45, 7) is 0.955. The molecule has 116 valence electrons. The van der Waals surface area contributed by atoms with Crippen LogP contribution in [0.3, 0.4) is 0 Å². The van der Waals surface area contributed by atoms with E-state index in [1.54, 1.807) is 34.6 Å². The van der Waals surface area contributed by atoms with Crippen molar-refractivity contribution in [3.8, 4) is 0 Å². The Kier molecular flexibility index (Phi) is 4.55. The smallest absolute Gasteiger partial charge is 0.249 e. The molecule has 2 aromatic heterocycles. The van der Waals surface area contributed by atoms with Gasteiger partial charge in [0.1, 0.15) is 18.4 Å². The first-order valence-corrected chi connectivity index (χ1v) is 7.81. The molecule has 1 aliphatic heterocycles. The van der Waals surface area contributed by atoms with Crippen LogP contribution in [0.2, 0.25) is 0 Å². The van der Waals surface area contributed by atoms with Gasteiger partial charge < -0.3 is 19.4 Å². The van der Waals surface area contributed by atoms with E-state index in [-0.39, 0.29) is 25.0 Å². The highest BCUT2D eigenvalue weighted by Gasteiger charge is 2.34. The van der Waals surface area contributed by atoms with Crippen LogP contribution >= 0.6 is 11.3 Å². The van der Waals surface area contributed by atoms with Crippen molar-refractivity contribution in [2.24, 2.45) is 0 Å². The van der Waals surface area contributed by atoms with E-state index < -0.39 is 6.04 Å². The molecule has 0 aliphatic carbocycles. The molecule has 1 saturated heterocycles. The number of morpholine rings is 1. The van der Waals surface area contributed by atoms with Gasteiger partial charge in [0.25, 0.3) is 0 Å². The van der Waals surface area contributed by atoms with Crippen LogP contribution in [0.15, 0.2) is 40.3 Å². The Morgan fingerprint density at radius 2 is 2.32 bits per heavy atom. The van der Waals surface area contributed by atoms with Crippen molar-refractivity contribution in [2.45, 2.75) is 19.1 Å². The van der Waals surface area contributed by atoms with E-state index in [9.17, 15) is 9.59 Å². The molecule has 6 nitrogen and oxygen atoms in total. The summed E-state index contributed by atoms with van der Waals surface area (Å²) in [6.07, 6.45) is 1.55. The zero-order chi connectivity index (χ0) is 15.4. The highest BCUT2D eigenvalue weighted by molar-refractivity contribution is 7.09. The Morgan fingerprint density at radius 3 is 3.05 bits per heavy atom. The molecule has 0 bridgehead atoms. The van der Waals surface area contributed by atoms with Gasteiger partial charge in [-0.3, -0.25) is 9.59 Å². The third-order valence-corrected chi connectivity index (χ3v) is 4.28. The molecular formula is C15H16N2O4S. The van der Waals surface area contributed by atoms with Crippen molar-refractivity contribution in [3.63, 3.8) is 0 Å². The Balaban J connectivity index is 1.65. The van der Waals surface area contributed by atoms with Gasteiger partial charge in [-0.1, -0.05) is 6.07 Å². The largest absolute Gasteiger partial charge is 0.467 e. The molecule has 1 N–H and O–H groups in total. The van der Waals surface area contributed by atoms with Gasteiger partial charge in [-0.25, -0.2) is 0 Å². The Bertz CT molecular complexity index is 624. The first-order valence-electron chi connectivity index (χ1n) is 6.94. The molecular weight excluding hydrogens is 304 g/mol. The molecule has 3 heterocycles. The number of carbonyl (C=O) groups excluding carboxylic acids is 2. The molecule has 0 saturated carbocycles. The number of carbonyl (C=O) groups is 2. The number of ether oxygens (including phenoxy) is 1. The Hall–Kier alpha value is -2.12. The topological polar surface area (TPSA) is 71.8 Å². The fourth-order valence-corrected chi connectivity index (χ4v) is 3.00. The molecule has 2 amide bonds. The molecule has 1 aliphatic rings. The van der Waals surface area contributed by atoms with Crippen LogP contribution in [0, 0.1) is 0 Å². The van der Waals surface area contributed by atoms with Gasteiger partial charge in [0.2, 0.25) is 11.8 Å². The van der Waals surface area contributed by atoms with E-state index in [1.165, 1.54) is 0 Å². The molecule has 0 spiro atoms. The summed E-state index contributed by atoms with van der Waals surface area (Å²) in [5.74, 6) is 0.264. The zero-order valence-corrected chi connectivity index (χ0v) is 12.7. The van der Waals surface area contributed by atoms with E-state index >= 15 is 0 Å². The number of amides is 2. The number of nitrogens with one attached hydrogen (secondary N) is 1. The van der Waals surface area contributed by atoms with Crippen molar-refractivity contribution in [3.05, 3.63) is 46.5 Å². The minimum atomic E-state index is -0.613. The number of hydrogen-bond acceptors (Lipinski definition) is 5. The van der Waals surface area contributed by atoms with Gasteiger partial charge in [-0.15, -0.1) is 11.3 Å². The molecule has 0 radical (unpaired) electrons. The average molecular weight is 320 g/mol. The van der Waals surface area contributed by atoms with E-state index in [0.717, 1.165) is 4.88 Å². The molecule has 2 aromatic rings. The second-order valence-electron chi connectivity index (χ2n) is 4.93. The van der Waals surface area contributed by atoms with Gasteiger partial charge >= 0.3 is 0 Å².